The first-order chi connectivity index (χ1) is 11.7. The van der Waals surface area contributed by atoms with Crippen LogP contribution < -0.4 is 5.11 Å². The van der Waals surface area contributed by atoms with Gasteiger partial charge in [-0.25, -0.2) is 4.98 Å². The fraction of sp³-hybridized carbons (Fsp3) is 0.158. The molecule has 0 saturated carbocycles. The van der Waals surface area contributed by atoms with Gasteiger partial charge in [-0.05, 0) is 6.92 Å². The molecule has 0 bridgehead atoms. The summed E-state index contributed by atoms with van der Waals surface area (Å²) in [6.07, 6.45) is 0. The summed E-state index contributed by atoms with van der Waals surface area (Å²) >= 11 is 1.19. The molecule has 3 rings (SSSR count). The highest BCUT2D eigenvalue weighted by Crippen LogP contribution is 2.35. The normalized spacial score (nSPS) is 10.7. The molecular formula is C19H17N2O2S-. The molecule has 3 aromatic rings. The molecule has 0 saturated heterocycles. The second kappa shape index (κ2) is 7.36. The molecule has 1 aromatic heterocycles. The van der Waals surface area contributed by atoms with E-state index in [1.807, 2.05) is 67.6 Å². The van der Waals surface area contributed by atoms with Gasteiger partial charge in [0.05, 0.1) is 17.4 Å². The minimum atomic E-state index is -1.09. The maximum atomic E-state index is 10.8. The Balaban J connectivity index is 2.17. The van der Waals surface area contributed by atoms with Crippen molar-refractivity contribution < 1.29 is 9.90 Å². The lowest BCUT2D eigenvalue weighted by Crippen LogP contribution is -2.24. The summed E-state index contributed by atoms with van der Waals surface area (Å²) in [5, 5.41) is 11.5. The highest BCUT2D eigenvalue weighted by molar-refractivity contribution is 7.99. The Morgan fingerprint density at radius 1 is 1.04 bits per heavy atom. The highest BCUT2D eigenvalue weighted by atomic mass is 32.2. The number of thioether (sulfide) groups is 1. The van der Waals surface area contributed by atoms with Gasteiger partial charge in [0, 0.05) is 23.4 Å². The quantitative estimate of drug-likeness (QED) is 0.649. The highest BCUT2D eigenvalue weighted by Gasteiger charge is 2.19. The van der Waals surface area contributed by atoms with Gasteiger partial charge in [0.15, 0.2) is 5.16 Å². The zero-order valence-corrected chi connectivity index (χ0v) is 14.1. The van der Waals surface area contributed by atoms with E-state index >= 15 is 0 Å². The van der Waals surface area contributed by atoms with Crippen LogP contribution in [0.15, 0.2) is 65.8 Å². The fourth-order valence-electron chi connectivity index (χ4n) is 2.65. The second-order valence-corrected chi connectivity index (χ2v) is 6.17. The number of hydrogen-bond donors (Lipinski definition) is 0. The van der Waals surface area contributed by atoms with Gasteiger partial charge in [0.2, 0.25) is 0 Å². The SMILES string of the molecule is CCn1c(SCC(=O)[O-])nc(-c2ccccc2)c1-c1ccccc1. The lowest BCUT2D eigenvalue weighted by molar-refractivity contribution is -0.301. The van der Waals surface area contributed by atoms with E-state index in [9.17, 15) is 9.90 Å². The van der Waals surface area contributed by atoms with E-state index in [-0.39, 0.29) is 5.75 Å². The summed E-state index contributed by atoms with van der Waals surface area (Å²) in [6, 6.07) is 20.0. The number of rotatable bonds is 6. The standard InChI is InChI=1S/C19H18N2O2S/c1-2-21-18(15-11-7-4-8-12-15)17(14-9-5-3-6-10-14)20-19(21)24-13-16(22)23/h3-12H,2,13H2,1H3,(H,22,23)/p-1. The van der Waals surface area contributed by atoms with Crippen LogP contribution in [0.2, 0.25) is 0 Å². The molecule has 2 aromatic carbocycles. The average Bonchev–Trinajstić information content (AvgIpc) is 3.00. The number of aromatic nitrogens is 2. The number of imidazole rings is 1. The minimum absolute atomic E-state index is 0.112. The molecule has 0 amide bonds. The molecule has 122 valence electrons. The van der Waals surface area contributed by atoms with E-state index in [0.29, 0.717) is 11.7 Å². The topological polar surface area (TPSA) is 58.0 Å². The van der Waals surface area contributed by atoms with Crippen molar-refractivity contribution in [1.29, 1.82) is 0 Å². The van der Waals surface area contributed by atoms with Crippen molar-refractivity contribution in [2.45, 2.75) is 18.6 Å². The molecule has 0 N–H and O–H groups in total. The molecular weight excluding hydrogens is 320 g/mol. The zero-order valence-electron chi connectivity index (χ0n) is 13.3. The first kappa shape index (κ1) is 16.3. The third kappa shape index (κ3) is 3.36. The lowest BCUT2D eigenvalue weighted by Gasteiger charge is -2.10. The Morgan fingerprint density at radius 3 is 2.17 bits per heavy atom. The van der Waals surface area contributed by atoms with Crippen molar-refractivity contribution in [3.63, 3.8) is 0 Å². The molecule has 0 radical (unpaired) electrons. The van der Waals surface area contributed by atoms with E-state index in [2.05, 4.69) is 4.57 Å². The average molecular weight is 337 g/mol. The van der Waals surface area contributed by atoms with Crippen LogP contribution in [0.25, 0.3) is 22.5 Å². The molecule has 5 heteroatoms. The van der Waals surface area contributed by atoms with Gasteiger partial charge in [-0.3, -0.25) is 0 Å². The van der Waals surface area contributed by atoms with Crippen LogP contribution in [0.1, 0.15) is 6.92 Å². The van der Waals surface area contributed by atoms with E-state index in [0.717, 1.165) is 22.5 Å². The Hall–Kier alpha value is -2.53. The fourth-order valence-corrected chi connectivity index (χ4v) is 3.42. The van der Waals surface area contributed by atoms with Crippen LogP contribution in [0.3, 0.4) is 0 Å². The maximum absolute atomic E-state index is 10.8. The number of aliphatic carboxylic acids is 1. The summed E-state index contributed by atoms with van der Waals surface area (Å²) in [7, 11) is 0. The number of carbonyl (C=O) groups is 1. The van der Waals surface area contributed by atoms with Gasteiger partial charge < -0.3 is 14.5 Å². The molecule has 4 nitrogen and oxygen atoms in total. The monoisotopic (exact) mass is 337 g/mol. The third-order valence-electron chi connectivity index (χ3n) is 3.66. The van der Waals surface area contributed by atoms with E-state index in [4.69, 9.17) is 4.98 Å². The molecule has 1 heterocycles. The van der Waals surface area contributed by atoms with Gasteiger partial charge in [-0.15, -0.1) is 0 Å². The van der Waals surface area contributed by atoms with Gasteiger partial charge in [0.1, 0.15) is 0 Å². The summed E-state index contributed by atoms with van der Waals surface area (Å²) in [6.45, 7) is 2.74. The molecule has 24 heavy (non-hydrogen) atoms. The Labute approximate surface area is 145 Å². The van der Waals surface area contributed by atoms with Crippen molar-refractivity contribution in [3.8, 4) is 22.5 Å². The van der Waals surface area contributed by atoms with Crippen molar-refractivity contribution in [3.05, 3.63) is 60.7 Å². The van der Waals surface area contributed by atoms with Crippen LogP contribution in [0.4, 0.5) is 0 Å². The molecule has 0 spiro atoms. The van der Waals surface area contributed by atoms with Crippen molar-refractivity contribution in [2.75, 3.05) is 5.75 Å². The summed E-state index contributed by atoms with van der Waals surface area (Å²) in [5.74, 6) is -1.20. The summed E-state index contributed by atoms with van der Waals surface area (Å²) in [5.41, 5.74) is 3.94. The summed E-state index contributed by atoms with van der Waals surface area (Å²) < 4.78 is 2.06. The molecule has 0 atom stereocenters. The Bertz CT molecular complexity index is 829. The molecule has 0 fully saturated rings. The predicted octanol–water partition coefficient (Wildman–Crippen LogP) is 3.08. The summed E-state index contributed by atoms with van der Waals surface area (Å²) in [4.78, 5) is 15.6. The minimum Gasteiger partial charge on any atom is -0.549 e. The molecule has 0 aliphatic rings. The van der Waals surface area contributed by atoms with Crippen molar-refractivity contribution in [1.82, 2.24) is 9.55 Å². The number of carboxylic acid groups (broad SMARTS) is 1. The van der Waals surface area contributed by atoms with Crippen LogP contribution in [0, 0.1) is 0 Å². The van der Waals surface area contributed by atoms with Gasteiger partial charge in [-0.1, -0.05) is 72.4 Å². The van der Waals surface area contributed by atoms with Gasteiger partial charge in [-0.2, -0.15) is 0 Å². The van der Waals surface area contributed by atoms with Gasteiger partial charge in [0.25, 0.3) is 0 Å². The number of carboxylic acids is 1. The Morgan fingerprint density at radius 2 is 1.62 bits per heavy atom. The van der Waals surface area contributed by atoms with Crippen LogP contribution in [0.5, 0.6) is 0 Å². The number of carbonyl (C=O) groups excluding carboxylic acids is 1. The predicted molar refractivity (Wildman–Crippen MR) is 94.5 cm³/mol. The maximum Gasteiger partial charge on any atom is 0.169 e. The third-order valence-corrected chi connectivity index (χ3v) is 4.61. The zero-order chi connectivity index (χ0) is 16.9. The lowest BCUT2D eigenvalue weighted by atomic mass is 10.0. The van der Waals surface area contributed by atoms with Crippen LogP contribution >= 0.6 is 11.8 Å². The smallest absolute Gasteiger partial charge is 0.169 e. The van der Waals surface area contributed by atoms with Gasteiger partial charge >= 0.3 is 0 Å². The largest absolute Gasteiger partial charge is 0.549 e. The van der Waals surface area contributed by atoms with E-state index in [1.165, 1.54) is 11.8 Å². The molecule has 0 aliphatic carbocycles. The van der Waals surface area contributed by atoms with Crippen LogP contribution in [-0.4, -0.2) is 21.3 Å². The van der Waals surface area contributed by atoms with E-state index in [1.54, 1.807) is 0 Å². The first-order valence-electron chi connectivity index (χ1n) is 7.74. The first-order valence-corrected chi connectivity index (χ1v) is 8.73. The van der Waals surface area contributed by atoms with Crippen molar-refractivity contribution in [2.24, 2.45) is 0 Å². The van der Waals surface area contributed by atoms with Crippen molar-refractivity contribution >= 4 is 17.7 Å². The number of nitrogens with zero attached hydrogens (tertiary/aromatic N) is 2. The van der Waals surface area contributed by atoms with Crippen LogP contribution in [-0.2, 0) is 11.3 Å². The molecule has 0 unspecified atom stereocenters. The molecule has 0 aliphatic heterocycles. The number of hydrogen-bond acceptors (Lipinski definition) is 4. The Kier molecular flexibility index (Phi) is 5.01. The second-order valence-electron chi connectivity index (χ2n) is 5.23. The van der Waals surface area contributed by atoms with E-state index < -0.39 is 5.97 Å². The number of benzene rings is 2.